The summed E-state index contributed by atoms with van der Waals surface area (Å²) >= 11 is 0. The van der Waals surface area contributed by atoms with E-state index in [9.17, 15) is 4.79 Å². The van der Waals surface area contributed by atoms with Crippen molar-refractivity contribution in [2.24, 2.45) is 11.3 Å². The number of amides is 1. The van der Waals surface area contributed by atoms with Gasteiger partial charge in [-0.15, -0.1) is 0 Å². The molecule has 2 N–H and O–H groups in total. The Balaban J connectivity index is 3.52. The van der Waals surface area contributed by atoms with Crippen molar-refractivity contribution in [2.45, 2.75) is 53.4 Å². The predicted octanol–water partition coefficient (Wildman–Crippen LogP) is 2.34. The minimum absolute atomic E-state index is 0.133. The molecule has 1 unspecified atom stereocenters. The van der Waals surface area contributed by atoms with Crippen LogP contribution < -0.4 is 5.32 Å². The van der Waals surface area contributed by atoms with E-state index in [0.717, 1.165) is 19.3 Å². The zero-order valence-electron chi connectivity index (χ0n) is 11.2. The molecule has 3 nitrogen and oxygen atoms in total. The Bertz CT molecular complexity index is 197. The average Bonchev–Trinajstić information content (AvgIpc) is 2.13. The summed E-state index contributed by atoms with van der Waals surface area (Å²) in [6.45, 7) is 9.47. The third-order valence-corrected chi connectivity index (χ3v) is 2.60. The van der Waals surface area contributed by atoms with Gasteiger partial charge in [0.2, 0.25) is 5.91 Å². The van der Waals surface area contributed by atoms with E-state index in [-0.39, 0.29) is 12.5 Å². The first-order valence-electron chi connectivity index (χ1n) is 6.22. The Morgan fingerprint density at radius 2 is 2.00 bits per heavy atom. The van der Waals surface area contributed by atoms with E-state index in [2.05, 4.69) is 26.1 Å². The zero-order valence-corrected chi connectivity index (χ0v) is 11.2. The number of aliphatic hydroxyl groups excluding tert-OH is 1. The molecule has 0 aromatic carbocycles. The topological polar surface area (TPSA) is 49.3 Å². The van der Waals surface area contributed by atoms with Gasteiger partial charge in [-0.2, -0.15) is 0 Å². The molecule has 0 fully saturated rings. The highest BCUT2D eigenvalue weighted by Crippen LogP contribution is 2.21. The third-order valence-electron chi connectivity index (χ3n) is 2.60. The van der Waals surface area contributed by atoms with Gasteiger partial charge >= 0.3 is 0 Å². The summed E-state index contributed by atoms with van der Waals surface area (Å²) in [7, 11) is 0. The maximum Gasteiger partial charge on any atom is 0.220 e. The van der Waals surface area contributed by atoms with Crippen LogP contribution in [0.3, 0.4) is 0 Å². The minimum atomic E-state index is 0.133. The quantitative estimate of drug-likeness (QED) is 0.704. The lowest BCUT2D eigenvalue weighted by Gasteiger charge is -2.17. The monoisotopic (exact) mass is 229 g/mol. The van der Waals surface area contributed by atoms with Crippen LogP contribution in [0.25, 0.3) is 0 Å². The van der Waals surface area contributed by atoms with E-state index in [4.69, 9.17) is 5.11 Å². The zero-order chi connectivity index (χ0) is 12.6. The van der Waals surface area contributed by atoms with Crippen LogP contribution in [0.1, 0.15) is 53.4 Å². The second-order valence-corrected chi connectivity index (χ2v) is 5.84. The SMILES string of the molecule is CC(CCO)CNC(=O)CCCC(C)(C)C. The molecule has 0 heterocycles. The molecule has 0 radical (unpaired) electrons. The average molecular weight is 229 g/mol. The van der Waals surface area contributed by atoms with Crippen LogP contribution >= 0.6 is 0 Å². The number of aliphatic hydroxyl groups is 1. The van der Waals surface area contributed by atoms with Crippen LogP contribution in [0.4, 0.5) is 0 Å². The summed E-state index contributed by atoms with van der Waals surface area (Å²) in [4.78, 5) is 11.5. The Morgan fingerprint density at radius 3 is 2.50 bits per heavy atom. The van der Waals surface area contributed by atoms with Gasteiger partial charge in [0.15, 0.2) is 0 Å². The molecular formula is C13H27NO2. The van der Waals surface area contributed by atoms with Crippen molar-refractivity contribution >= 4 is 5.91 Å². The number of rotatable bonds is 7. The summed E-state index contributed by atoms with van der Waals surface area (Å²) in [6.07, 6.45) is 3.39. The number of carbonyl (C=O) groups excluding carboxylic acids is 1. The Labute approximate surface area is 99.6 Å². The van der Waals surface area contributed by atoms with E-state index in [1.165, 1.54) is 0 Å². The van der Waals surface area contributed by atoms with Gasteiger partial charge in [-0.3, -0.25) is 4.79 Å². The molecule has 0 rings (SSSR count). The lowest BCUT2D eigenvalue weighted by molar-refractivity contribution is -0.121. The fourth-order valence-electron chi connectivity index (χ4n) is 1.48. The lowest BCUT2D eigenvalue weighted by Crippen LogP contribution is -2.28. The van der Waals surface area contributed by atoms with Gasteiger partial charge in [0, 0.05) is 19.6 Å². The van der Waals surface area contributed by atoms with Crippen LogP contribution in [-0.4, -0.2) is 24.2 Å². The summed E-state index contributed by atoms with van der Waals surface area (Å²) < 4.78 is 0. The number of carbonyl (C=O) groups is 1. The molecule has 1 amide bonds. The van der Waals surface area contributed by atoms with E-state index in [0.29, 0.717) is 24.3 Å². The first-order chi connectivity index (χ1) is 7.35. The third kappa shape index (κ3) is 9.97. The molecule has 0 aliphatic heterocycles. The molecule has 0 aliphatic rings. The maximum absolute atomic E-state index is 11.5. The lowest BCUT2D eigenvalue weighted by atomic mass is 9.90. The van der Waals surface area contributed by atoms with Crippen molar-refractivity contribution in [1.82, 2.24) is 5.32 Å². The highest BCUT2D eigenvalue weighted by atomic mass is 16.3. The van der Waals surface area contributed by atoms with Gasteiger partial charge < -0.3 is 10.4 Å². The minimum Gasteiger partial charge on any atom is -0.396 e. The standard InChI is InChI=1S/C13H27NO2/c1-11(7-9-15)10-14-12(16)6-5-8-13(2,3)4/h11,15H,5-10H2,1-4H3,(H,14,16). The van der Waals surface area contributed by atoms with Crippen molar-refractivity contribution in [3.63, 3.8) is 0 Å². The number of hydrogen-bond donors (Lipinski definition) is 2. The fraction of sp³-hybridized carbons (Fsp3) is 0.923. The molecule has 0 saturated carbocycles. The first-order valence-corrected chi connectivity index (χ1v) is 6.22. The molecule has 0 aromatic heterocycles. The largest absolute Gasteiger partial charge is 0.396 e. The molecule has 0 bridgehead atoms. The van der Waals surface area contributed by atoms with E-state index in [1.807, 2.05) is 6.92 Å². The normalized spacial score (nSPS) is 13.6. The first kappa shape index (κ1) is 15.4. The van der Waals surface area contributed by atoms with Crippen molar-refractivity contribution in [2.75, 3.05) is 13.2 Å². The van der Waals surface area contributed by atoms with Crippen molar-refractivity contribution in [3.05, 3.63) is 0 Å². The van der Waals surface area contributed by atoms with Gasteiger partial charge in [0.1, 0.15) is 0 Å². The molecule has 0 aromatic rings. The molecule has 0 aliphatic carbocycles. The number of hydrogen-bond acceptors (Lipinski definition) is 2. The van der Waals surface area contributed by atoms with Crippen LogP contribution in [0.5, 0.6) is 0 Å². The van der Waals surface area contributed by atoms with E-state index in [1.54, 1.807) is 0 Å². The van der Waals surface area contributed by atoms with Gasteiger partial charge in [0.25, 0.3) is 0 Å². The van der Waals surface area contributed by atoms with Crippen molar-refractivity contribution in [3.8, 4) is 0 Å². The highest BCUT2D eigenvalue weighted by Gasteiger charge is 2.11. The Kier molecular flexibility index (Phi) is 7.39. The van der Waals surface area contributed by atoms with Crippen molar-refractivity contribution < 1.29 is 9.90 Å². The van der Waals surface area contributed by atoms with Gasteiger partial charge in [-0.1, -0.05) is 27.7 Å². The van der Waals surface area contributed by atoms with Crippen LogP contribution in [0, 0.1) is 11.3 Å². The Morgan fingerprint density at radius 1 is 1.38 bits per heavy atom. The molecule has 1 atom stereocenters. The molecule has 16 heavy (non-hydrogen) atoms. The van der Waals surface area contributed by atoms with Crippen LogP contribution in [0.15, 0.2) is 0 Å². The summed E-state index contributed by atoms with van der Waals surface area (Å²) in [5.41, 5.74) is 0.310. The second kappa shape index (κ2) is 7.66. The molecular weight excluding hydrogens is 202 g/mol. The van der Waals surface area contributed by atoms with Gasteiger partial charge in [-0.25, -0.2) is 0 Å². The van der Waals surface area contributed by atoms with Crippen molar-refractivity contribution in [1.29, 1.82) is 0 Å². The summed E-state index contributed by atoms with van der Waals surface area (Å²) in [5.74, 6) is 0.491. The van der Waals surface area contributed by atoms with E-state index < -0.39 is 0 Å². The highest BCUT2D eigenvalue weighted by molar-refractivity contribution is 5.75. The number of nitrogens with one attached hydrogen (secondary N) is 1. The molecule has 3 heteroatoms. The van der Waals surface area contributed by atoms with Crippen LogP contribution in [-0.2, 0) is 4.79 Å². The summed E-state index contributed by atoms with van der Waals surface area (Å²) in [5, 5.41) is 11.6. The Hall–Kier alpha value is -0.570. The smallest absolute Gasteiger partial charge is 0.220 e. The summed E-state index contributed by atoms with van der Waals surface area (Å²) in [6, 6.07) is 0. The second-order valence-electron chi connectivity index (χ2n) is 5.84. The van der Waals surface area contributed by atoms with E-state index >= 15 is 0 Å². The fourth-order valence-corrected chi connectivity index (χ4v) is 1.48. The van der Waals surface area contributed by atoms with Gasteiger partial charge in [-0.05, 0) is 30.6 Å². The maximum atomic E-state index is 11.5. The molecule has 0 saturated heterocycles. The molecule has 96 valence electrons. The molecule has 0 spiro atoms. The predicted molar refractivity (Wildman–Crippen MR) is 67.2 cm³/mol. The van der Waals surface area contributed by atoms with Gasteiger partial charge in [0.05, 0.1) is 0 Å². The van der Waals surface area contributed by atoms with Crippen LogP contribution in [0.2, 0.25) is 0 Å².